The summed E-state index contributed by atoms with van der Waals surface area (Å²) in [7, 11) is 0. The molecule has 4 aromatic heterocycles. The van der Waals surface area contributed by atoms with E-state index in [1.807, 2.05) is 0 Å². The van der Waals surface area contributed by atoms with Crippen molar-refractivity contribution < 1.29 is 22.6 Å². The molecular formula is C24H12ClN3O6. The first kappa shape index (κ1) is 21.1. The van der Waals surface area contributed by atoms with E-state index in [4.69, 9.17) is 29.3 Å². The predicted molar refractivity (Wildman–Crippen MR) is 122 cm³/mol. The third-order valence-corrected chi connectivity index (χ3v) is 5.20. The van der Waals surface area contributed by atoms with Gasteiger partial charge in [-0.15, -0.1) is 0 Å². The summed E-state index contributed by atoms with van der Waals surface area (Å²) in [5.41, 5.74) is 0.837. The fourth-order valence-electron chi connectivity index (χ4n) is 3.36. The van der Waals surface area contributed by atoms with Gasteiger partial charge >= 0.3 is 0 Å². The molecule has 0 aliphatic carbocycles. The molecule has 0 aliphatic heterocycles. The first-order chi connectivity index (χ1) is 16.5. The fraction of sp³-hybridized carbons (Fsp3) is 0. The molecule has 0 spiro atoms. The molecule has 0 amide bonds. The van der Waals surface area contributed by atoms with Crippen LogP contribution in [0.2, 0.25) is 5.02 Å². The van der Waals surface area contributed by atoms with Crippen LogP contribution >= 0.6 is 11.6 Å². The van der Waals surface area contributed by atoms with Gasteiger partial charge < -0.3 is 17.7 Å². The second-order valence-corrected chi connectivity index (χ2v) is 7.34. The average molecular weight is 474 g/mol. The molecule has 0 unspecified atom stereocenters. The van der Waals surface area contributed by atoms with Crippen molar-refractivity contribution in [2.45, 2.75) is 0 Å². The molecule has 1 aromatic carbocycles. The molecule has 0 saturated carbocycles. The van der Waals surface area contributed by atoms with Crippen LogP contribution in [0, 0.1) is 21.4 Å². The fourth-order valence-corrected chi connectivity index (χ4v) is 3.54. The molecule has 0 N–H and O–H groups in total. The Bertz CT molecular complexity index is 1550. The minimum Gasteiger partial charge on any atom is -0.464 e. The Kier molecular flexibility index (Phi) is 5.33. The number of rotatable bonds is 6. The van der Waals surface area contributed by atoms with Crippen LogP contribution in [-0.4, -0.2) is 11.1 Å². The van der Waals surface area contributed by atoms with E-state index in [0.29, 0.717) is 39.9 Å². The number of hydrogen-bond acceptors (Lipinski definition) is 8. The van der Waals surface area contributed by atoms with Crippen molar-refractivity contribution >= 4 is 29.4 Å². The van der Waals surface area contributed by atoms with Crippen molar-refractivity contribution in [3.8, 4) is 40.2 Å². The highest BCUT2D eigenvalue weighted by molar-refractivity contribution is 6.32. The zero-order valence-corrected chi connectivity index (χ0v) is 17.9. The number of nitrogens with zero attached hydrogens (tertiary/aromatic N) is 3. The number of nitro groups is 1. The van der Waals surface area contributed by atoms with Crippen LogP contribution in [0.25, 0.3) is 34.2 Å². The zero-order valence-electron chi connectivity index (χ0n) is 17.1. The highest BCUT2D eigenvalue weighted by Crippen LogP contribution is 2.43. The normalized spacial score (nSPS) is 11.2. The van der Waals surface area contributed by atoms with Crippen molar-refractivity contribution in [2.24, 2.45) is 4.99 Å². The number of hydrogen-bond donors (Lipinski definition) is 0. The first-order valence-corrected chi connectivity index (χ1v) is 10.2. The molecule has 9 nitrogen and oxygen atoms in total. The summed E-state index contributed by atoms with van der Waals surface area (Å²) in [5.74, 6) is 1.91. The van der Waals surface area contributed by atoms with E-state index in [-0.39, 0.29) is 22.2 Å². The van der Waals surface area contributed by atoms with Crippen LogP contribution in [0.15, 0.2) is 89.8 Å². The second kappa shape index (κ2) is 8.61. The lowest BCUT2D eigenvalue weighted by Gasteiger charge is -1.99. The molecule has 166 valence electrons. The van der Waals surface area contributed by atoms with E-state index in [9.17, 15) is 15.4 Å². The van der Waals surface area contributed by atoms with Crippen LogP contribution in [-0.2, 0) is 0 Å². The third kappa shape index (κ3) is 3.79. The molecule has 0 fully saturated rings. The lowest BCUT2D eigenvalue weighted by Crippen LogP contribution is -1.89. The summed E-state index contributed by atoms with van der Waals surface area (Å²) in [6.45, 7) is 0. The Balaban J connectivity index is 1.51. The molecule has 0 atom stereocenters. The lowest BCUT2D eigenvalue weighted by atomic mass is 10.1. The molecule has 5 aromatic rings. The number of aliphatic imine (C=N–C) groups is 1. The van der Waals surface area contributed by atoms with E-state index in [1.54, 1.807) is 42.5 Å². The smallest absolute Gasteiger partial charge is 0.288 e. The van der Waals surface area contributed by atoms with Gasteiger partial charge in [0.25, 0.3) is 5.69 Å². The largest absolute Gasteiger partial charge is 0.464 e. The monoisotopic (exact) mass is 473 g/mol. The number of furan rings is 4. The lowest BCUT2D eigenvalue weighted by molar-refractivity contribution is -0.384. The maximum atomic E-state index is 11.1. The van der Waals surface area contributed by atoms with Crippen molar-refractivity contribution in [2.75, 3.05) is 0 Å². The number of benzene rings is 1. The summed E-state index contributed by atoms with van der Waals surface area (Å²) >= 11 is 5.88. The summed E-state index contributed by atoms with van der Waals surface area (Å²) in [5, 5.41) is 21.0. The Hall–Kier alpha value is -4.81. The first-order valence-electron chi connectivity index (χ1n) is 9.78. The van der Waals surface area contributed by atoms with Crippen molar-refractivity contribution in [3.63, 3.8) is 0 Å². The van der Waals surface area contributed by atoms with E-state index in [1.165, 1.54) is 30.9 Å². The van der Waals surface area contributed by atoms with Gasteiger partial charge in [-0.3, -0.25) is 10.1 Å². The molecule has 5 rings (SSSR count). The Morgan fingerprint density at radius 3 is 2.44 bits per heavy atom. The minimum absolute atomic E-state index is 0.0312. The minimum atomic E-state index is -0.565. The van der Waals surface area contributed by atoms with Gasteiger partial charge in [-0.1, -0.05) is 11.6 Å². The SMILES string of the molecule is N#Cc1c(N=Cc2ccc(-c3ccc(Cl)c([N+](=O)[O-])c3)o2)oc(-c2ccco2)c1-c1ccco1. The Labute approximate surface area is 196 Å². The number of nitriles is 1. The second-order valence-electron chi connectivity index (χ2n) is 6.94. The Morgan fingerprint density at radius 2 is 1.76 bits per heavy atom. The quantitative estimate of drug-likeness (QED) is 0.144. The van der Waals surface area contributed by atoms with Gasteiger partial charge in [-0.05, 0) is 48.5 Å². The van der Waals surface area contributed by atoms with Gasteiger partial charge in [0, 0.05) is 11.6 Å². The molecular weight excluding hydrogens is 462 g/mol. The van der Waals surface area contributed by atoms with Gasteiger partial charge in [0.2, 0.25) is 5.88 Å². The summed E-state index contributed by atoms with van der Waals surface area (Å²) in [6.07, 6.45) is 4.36. The van der Waals surface area contributed by atoms with E-state index in [0.717, 1.165) is 0 Å². The van der Waals surface area contributed by atoms with Gasteiger partial charge in [0.15, 0.2) is 11.5 Å². The maximum Gasteiger partial charge on any atom is 0.288 e. The molecule has 0 radical (unpaired) electrons. The average Bonchev–Trinajstić information content (AvgIpc) is 3.63. The maximum absolute atomic E-state index is 11.1. The molecule has 0 aliphatic rings. The molecule has 0 bridgehead atoms. The van der Waals surface area contributed by atoms with Crippen molar-refractivity contribution in [1.82, 2.24) is 0 Å². The summed E-state index contributed by atoms with van der Waals surface area (Å²) in [6, 6.07) is 16.6. The number of halogens is 1. The van der Waals surface area contributed by atoms with Crippen LogP contribution in [0.3, 0.4) is 0 Å². The topological polar surface area (TPSA) is 132 Å². The summed E-state index contributed by atoms with van der Waals surface area (Å²) < 4.78 is 22.5. The molecule has 4 heterocycles. The Morgan fingerprint density at radius 1 is 1.00 bits per heavy atom. The molecule has 0 saturated heterocycles. The highest BCUT2D eigenvalue weighted by Gasteiger charge is 2.26. The van der Waals surface area contributed by atoms with E-state index >= 15 is 0 Å². The van der Waals surface area contributed by atoms with Gasteiger partial charge in [0.05, 0.1) is 29.2 Å². The predicted octanol–water partition coefficient (Wildman–Crippen LogP) is 7.24. The van der Waals surface area contributed by atoms with E-state index < -0.39 is 4.92 Å². The van der Waals surface area contributed by atoms with Gasteiger partial charge in [-0.25, -0.2) is 4.99 Å². The molecule has 34 heavy (non-hydrogen) atoms. The van der Waals surface area contributed by atoms with Gasteiger partial charge in [0.1, 0.15) is 33.9 Å². The summed E-state index contributed by atoms with van der Waals surface area (Å²) in [4.78, 5) is 14.9. The van der Waals surface area contributed by atoms with Crippen LogP contribution in [0.5, 0.6) is 0 Å². The standard InChI is InChI=1S/C24H12ClN3O6/c25-17-7-5-14(11-18(17)28(29)30)19-8-6-15(33-19)13-27-24-16(12-26)22(20-3-1-9-31-20)23(34-24)21-4-2-10-32-21/h1-11,13H. The van der Waals surface area contributed by atoms with E-state index in [2.05, 4.69) is 11.1 Å². The molecule has 10 heteroatoms. The van der Waals surface area contributed by atoms with Gasteiger partial charge in [-0.2, -0.15) is 5.26 Å². The van der Waals surface area contributed by atoms with Crippen LogP contribution in [0.1, 0.15) is 11.3 Å². The number of nitro benzene ring substituents is 1. The third-order valence-electron chi connectivity index (χ3n) is 4.88. The van der Waals surface area contributed by atoms with Crippen molar-refractivity contribution in [1.29, 1.82) is 5.26 Å². The van der Waals surface area contributed by atoms with Crippen LogP contribution in [0.4, 0.5) is 11.6 Å². The zero-order chi connectivity index (χ0) is 23.7. The van der Waals surface area contributed by atoms with Crippen molar-refractivity contribution in [3.05, 3.63) is 93.6 Å². The van der Waals surface area contributed by atoms with Crippen LogP contribution < -0.4 is 0 Å². The highest BCUT2D eigenvalue weighted by atomic mass is 35.5.